The molecule has 0 bridgehead atoms. The predicted molar refractivity (Wildman–Crippen MR) is 63.3 cm³/mol. The number of carboxylic acids is 1. The minimum absolute atomic E-state index is 0.373. The minimum atomic E-state index is -0.864. The van der Waals surface area contributed by atoms with E-state index in [1.807, 2.05) is 41.1 Å². The van der Waals surface area contributed by atoms with Gasteiger partial charge in [0.15, 0.2) is 0 Å². The Labute approximate surface area is 93.6 Å². The first kappa shape index (κ1) is 10.5. The van der Waals surface area contributed by atoms with Gasteiger partial charge < -0.3 is 9.67 Å². The smallest absolute Gasteiger partial charge is 0.331 e. The number of aromatic nitrogens is 1. The first-order chi connectivity index (χ1) is 7.68. The Bertz CT molecular complexity index is 552. The van der Waals surface area contributed by atoms with Crippen LogP contribution in [0.15, 0.2) is 48.2 Å². The Morgan fingerprint density at radius 3 is 2.88 bits per heavy atom. The molecular weight excluding hydrogens is 202 g/mol. The molecule has 0 fully saturated rings. The van der Waals surface area contributed by atoms with Crippen LogP contribution in [0.4, 0.5) is 0 Å². The molecule has 0 radical (unpaired) electrons. The molecule has 3 heteroatoms. The van der Waals surface area contributed by atoms with Gasteiger partial charge in [-0.1, -0.05) is 24.3 Å². The van der Waals surface area contributed by atoms with E-state index in [1.165, 1.54) is 5.39 Å². The summed E-state index contributed by atoms with van der Waals surface area (Å²) in [5.41, 5.74) is 1.50. The van der Waals surface area contributed by atoms with Gasteiger partial charge in [-0.2, -0.15) is 0 Å². The van der Waals surface area contributed by atoms with Gasteiger partial charge in [0.2, 0.25) is 0 Å². The van der Waals surface area contributed by atoms with Gasteiger partial charge in [-0.05, 0) is 24.4 Å². The number of hydrogen-bond acceptors (Lipinski definition) is 1. The van der Waals surface area contributed by atoms with Crippen molar-refractivity contribution >= 4 is 16.9 Å². The minimum Gasteiger partial charge on any atom is -0.478 e. The second-order valence-corrected chi connectivity index (χ2v) is 3.72. The number of aliphatic carboxylic acids is 1. The van der Waals surface area contributed by atoms with E-state index in [0.29, 0.717) is 12.1 Å². The number of allylic oxidation sites excluding steroid dienone is 1. The van der Waals surface area contributed by atoms with Crippen LogP contribution in [0.2, 0.25) is 0 Å². The van der Waals surface area contributed by atoms with Crippen LogP contribution < -0.4 is 0 Å². The van der Waals surface area contributed by atoms with Crippen molar-refractivity contribution in [3.05, 3.63) is 48.2 Å². The number of fused-ring (bicyclic) bond motifs is 1. The summed E-state index contributed by atoms with van der Waals surface area (Å²) in [7, 11) is 0. The highest BCUT2D eigenvalue weighted by Gasteiger charge is 2.01. The lowest BCUT2D eigenvalue weighted by atomic mass is 10.2. The van der Waals surface area contributed by atoms with Crippen molar-refractivity contribution in [1.82, 2.24) is 4.57 Å². The van der Waals surface area contributed by atoms with E-state index < -0.39 is 5.97 Å². The lowest BCUT2D eigenvalue weighted by Gasteiger charge is -2.01. The van der Waals surface area contributed by atoms with Crippen LogP contribution in [0, 0.1) is 0 Å². The zero-order valence-electron chi connectivity index (χ0n) is 9.05. The SMILES string of the molecule is CC(=CCn1ccc2ccccc21)C(=O)O. The van der Waals surface area contributed by atoms with Crippen LogP contribution in [0.1, 0.15) is 6.92 Å². The van der Waals surface area contributed by atoms with E-state index in [-0.39, 0.29) is 0 Å². The summed E-state index contributed by atoms with van der Waals surface area (Å²) in [5.74, 6) is -0.864. The topological polar surface area (TPSA) is 42.2 Å². The molecule has 82 valence electrons. The summed E-state index contributed by atoms with van der Waals surface area (Å²) < 4.78 is 2.03. The molecule has 0 atom stereocenters. The zero-order valence-corrected chi connectivity index (χ0v) is 9.05. The van der Waals surface area contributed by atoms with Crippen molar-refractivity contribution in [3.8, 4) is 0 Å². The average Bonchev–Trinajstić information content (AvgIpc) is 2.69. The van der Waals surface area contributed by atoms with Crippen molar-refractivity contribution in [2.24, 2.45) is 0 Å². The monoisotopic (exact) mass is 215 g/mol. The van der Waals surface area contributed by atoms with Crippen LogP contribution in [0.3, 0.4) is 0 Å². The zero-order chi connectivity index (χ0) is 11.5. The summed E-state index contributed by atoms with van der Waals surface area (Å²) in [6, 6.07) is 10.1. The molecule has 16 heavy (non-hydrogen) atoms. The highest BCUT2D eigenvalue weighted by molar-refractivity contribution is 5.85. The van der Waals surface area contributed by atoms with Crippen molar-refractivity contribution < 1.29 is 9.90 Å². The lowest BCUT2D eigenvalue weighted by Crippen LogP contribution is -1.99. The maximum Gasteiger partial charge on any atom is 0.331 e. The van der Waals surface area contributed by atoms with Gasteiger partial charge in [-0.25, -0.2) is 4.79 Å². The summed E-state index contributed by atoms with van der Waals surface area (Å²) in [6.45, 7) is 2.19. The summed E-state index contributed by atoms with van der Waals surface area (Å²) in [6.07, 6.45) is 3.69. The van der Waals surface area contributed by atoms with E-state index in [1.54, 1.807) is 13.0 Å². The number of nitrogens with zero attached hydrogens (tertiary/aromatic N) is 1. The first-order valence-corrected chi connectivity index (χ1v) is 5.12. The van der Waals surface area contributed by atoms with Gasteiger partial charge in [-0.15, -0.1) is 0 Å². The van der Waals surface area contributed by atoms with Crippen LogP contribution in [-0.2, 0) is 11.3 Å². The van der Waals surface area contributed by atoms with Gasteiger partial charge in [0, 0.05) is 23.8 Å². The summed E-state index contributed by atoms with van der Waals surface area (Å²) in [4.78, 5) is 10.6. The Hall–Kier alpha value is -2.03. The Morgan fingerprint density at radius 2 is 2.12 bits per heavy atom. The van der Waals surface area contributed by atoms with Crippen molar-refractivity contribution in [2.45, 2.75) is 13.5 Å². The van der Waals surface area contributed by atoms with E-state index in [0.717, 1.165) is 5.52 Å². The third-order valence-corrected chi connectivity index (χ3v) is 2.61. The normalized spacial score (nSPS) is 11.9. The molecule has 2 aromatic rings. The first-order valence-electron chi connectivity index (χ1n) is 5.12. The number of rotatable bonds is 3. The second-order valence-electron chi connectivity index (χ2n) is 3.72. The Kier molecular flexibility index (Phi) is 2.77. The molecule has 0 aliphatic heterocycles. The molecule has 2 rings (SSSR count). The summed E-state index contributed by atoms with van der Waals surface area (Å²) >= 11 is 0. The van der Waals surface area contributed by atoms with Crippen LogP contribution in [-0.4, -0.2) is 15.6 Å². The molecule has 0 saturated carbocycles. The van der Waals surface area contributed by atoms with Crippen molar-refractivity contribution in [2.75, 3.05) is 0 Å². The van der Waals surface area contributed by atoms with E-state index in [4.69, 9.17) is 5.11 Å². The van der Waals surface area contributed by atoms with Gasteiger partial charge in [0.1, 0.15) is 0 Å². The number of carbonyl (C=O) groups is 1. The second kappa shape index (κ2) is 4.23. The van der Waals surface area contributed by atoms with Gasteiger partial charge in [-0.3, -0.25) is 0 Å². The molecule has 0 unspecified atom stereocenters. The molecule has 0 spiro atoms. The number of benzene rings is 1. The third kappa shape index (κ3) is 1.98. The highest BCUT2D eigenvalue weighted by atomic mass is 16.4. The van der Waals surface area contributed by atoms with E-state index in [2.05, 4.69) is 0 Å². The van der Waals surface area contributed by atoms with Gasteiger partial charge in [0.05, 0.1) is 0 Å². The molecule has 0 saturated heterocycles. The molecule has 0 aliphatic rings. The lowest BCUT2D eigenvalue weighted by molar-refractivity contribution is -0.132. The number of para-hydroxylation sites is 1. The fourth-order valence-electron chi connectivity index (χ4n) is 1.62. The van der Waals surface area contributed by atoms with Crippen LogP contribution in [0.25, 0.3) is 10.9 Å². The maximum atomic E-state index is 10.6. The predicted octanol–water partition coefficient (Wildman–Crippen LogP) is 2.67. The molecule has 1 N–H and O–H groups in total. The Balaban J connectivity index is 2.28. The molecule has 0 amide bonds. The summed E-state index contributed by atoms with van der Waals surface area (Å²) in [5, 5.41) is 9.92. The molecule has 1 aromatic heterocycles. The van der Waals surface area contributed by atoms with Crippen molar-refractivity contribution in [1.29, 1.82) is 0 Å². The van der Waals surface area contributed by atoms with Gasteiger partial charge in [0.25, 0.3) is 0 Å². The van der Waals surface area contributed by atoms with Crippen LogP contribution in [0.5, 0.6) is 0 Å². The van der Waals surface area contributed by atoms with E-state index >= 15 is 0 Å². The van der Waals surface area contributed by atoms with E-state index in [9.17, 15) is 4.79 Å². The van der Waals surface area contributed by atoms with Crippen molar-refractivity contribution in [3.63, 3.8) is 0 Å². The molecule has 3 nitrogen and oxygen atoms in total. The number of hydrogen-bond donors (Lipinski definition) is 1. The standard InChI is InChI=1S/C13H13NO2/c1-10(13(15)16)6-8-14-9-7-11-4-2-3-5-12(11)14/h2-7,9H,8H2,1H3,(H,15,16). The largest absolute Gasteiger partial charge is 0.478 e. The maximum absolute atomic E-state index is 10.6. The quantitative estimate of drug-likeness (QED) is 0.800. The highest BCUT2D eigenvalue weighted by Crippen LogP contribution is 2.15. The van der Waals surface area contributed by atoms with Gasteiger partial charge >= 0.3 is 5.97 Å². The molecule has 1 heterocycles. The fraction of sp³-hybridized carbons (Fsp3) is 0.154. The third-order valence-electron chi connectivity index (χ3n) is 2.61. The molecule has 0 aliphatic carbocycles. The molecular formula is C13H13NO2. The Morgan fingerprint density at radius 1 is 1.38 bits per heavy atom. The van der Waals surface area contributed by atoms with Crippen LogP contribution >= 0.6 is 0 Å². The average molecular weight is 215 g/mol. The number of carboxylic acid groups (broad SMARTS) is 1. The fourth-order valence-corrected chi connectivity index (χ4v) is 1.62. The molecule has 1 aromatic carbocycles.